The van der Waals surface area contributed by atoms with Gasteiger partial charge in [0.1, 0.15) is 5.82 Å². The van der Waals surface area contributed by atoms with Gasteiger partial charge in [-0.1, -0.05) is 53.3 Å². The summed E-state index contributed by atoms with van der Waals surface area (Å²) in [5.74, 6) is 0.0611. The van der Waals surface area contributed by atoms with Crippen LogP contribution in [0.3, 0.4) is 0 Å². The number of carbonyl (C=O) groups excluding carboxylic acids is 1. The minimum Gasteiger partial charge on any atom is -0.305 e. The molecule has 1 amide bonds. The molecule has 3 heterocycles. The minimum atomic E-state index is -0.536. The molecule has 0 radical (unpaired) electrons. The molecule has 0 aliphatic heterocycles. The van der Waals surface area contributed by atoms with Crippen LogP contribution in [0.25, 0.3) is 28.1 Å². The molecule has 0 atom stereocenters. The third kappa shape index (κ3) is 4.04. The van der Waals surface area contributed by atoms with Gasteiger partial charge in [0.25, 0.3) is 5.91 Å². The van der Waals surface area contributed by atoms with Crippen LogP contribution in [0.4, 0.5) is 10.8 Å². The average Bonchev–Trinajstić information content (AvgIpc) is 3.48. The summed E-state index contributed by atoms with van der Waals surface area (Å²) >= 11 is 6.94. The molecule has 0 bridgehead atoms. The fraction of sp³-hybridized carbons (Fsp3) is 0. The van der Waals surface area contributed by atoms with Crippen LogP contribution in [0.15, 0.2) is 72.9 Å². The lowest BCUT2D eigenvalue weighted by molar-refractivity contribution is -0.380. The number of nitrogens with one attached hydrogen (secondary N) is 1. The molecule has 2 aromatic carbocycles. The third-order valence-corrected chi connectivity index (χ3v) is 6.01. The summed E-state index contributed by atoms with van der Waals surface area (Å²) in [4.78, 5) is 32.7. The SMILES string of the molecule is O=C(Nc1nc(-c2cccc(Cl)c2)nc2c1cnn2-c1ccccc1)c1ccc([N+](=O)[O-])s1. The summed E-state index contributed by atoms with van der Waals surface area (Å²) in [5, 5.41) is 19.1. The largest absolute Gasteiger partial charge is 0.324 e. The Bertz CT molecular complexity index is 1520. The molecule has 0 saturated heterocycles. The molecule has 1 N–H and O–H groups in total. The molecule has 3 aromatic heterocycles. The Hall–Kier alpha value is -4.15. The third-order valence-electron chi connectivity index (χ3n) is 4.74. The standard InChI is InChI=1S/C22H13ClN6O3S/c23-14-6-4-5-13(11-14)19-25-20(27-22(30)17-9-10-18(33-17)29(31)32)16-12-24-28(21(16)26-19)15-7-2-1-3-8-15/h1-12H,(H,25,26,27,30). The number of amides is 1. The molecule has 0 aliphatic carbocycles. The Labute approximate surface area is 195 Å². The Balaban J connectivity index is 1.64. The van der Waals surface area contributed by atoms with Crippen LogP contribution in [-0.2, 0) is 0 Å². The van der Waals surface area contributed by atoms with Gasteiger partial charge in [-0.25, -0.2) is 14.6 Å². The van der Waals surface area contributed by atoms with Crippen molar-refractivity contribution in [2.24, 2.45) is 0 Å². The highest BCUT2D eigenvalue weighted by Crippen LogP contribution is 2.29. The first-order valence-corrected chi connectivity index (χ1v) is 10.8. The number of carbonyl (C=O) groups is 1. The molecule has 33 heavy (non-hydrogen) atoms. The average molecular weight is 477 g/mol. The second-order valence-corrected chi connectivity index (χ2v) is 8.38. The van der Waals surface area contributed by atoms with E-state index in [9.17, 15) is 14.9 Å². The van der Waals surface area contributed by atoms with Crippen molar-refractivity contribution in [2.45, 2.75) is 0 Å². The molecule has 162 valence electrons. The maximum atomic E-state index is 12.8. The van der Waals surface area contributed by atoms with E-state index in [-0.39, 0.29) is 15.7 Å². The summed E-state index contributed by atoms with van der Waals surface area (Å²) < 4.78 is 1.65. The number of thiophene rings is 1. The van der Waals surface area contributed by atoms with Crippen LogP contribution in [0, 0.1) is 10.1 Å². The number of hydrogen-bond donors (Lipinski definition) is 1. The second kappa shape index (κ2) is 8.41. The second-order valence-electron chi connectivity index (χ2n) is 6.88. The topological polar surface area (TPSA) is 116 Å². The smallest absolute Gasteiger partial charge is 0.305 e. The lowest BCUT2D eigenvalue weighted by Crippen LogP contribution is -2.12. The van der Waals surface area contributed by atoms with E-state index in [0.717, 1.165) is 17.0 Å². The molecule has 0 fully saturated rings. The quantitative estimate of drug-likeness (QED) is 0.269. The maximum absolute atomic E-state index is 12.8. The van der Waals surface area contributed by atoms with Crippen molar-refractivity contribution in [3.05, 3.63) is 92.9 Å². The Morgan fingerprint density at radius 3 is 2.61 bits per heavy atom. The number of aromatic nitrogens is 4. The van der Waals surface area contributed by atoms with Crippen molar-refractivity contribution in [1.29, 1.82) is 0 Å². The lowest BCUT2D eigenvalue weighted by atomic mass is 10.2. The highest BCUT2D eigenvalue weighted by Gasteiger charge is 2.20. The van der Waals surface area contributed by atoms with Crippen LogP contribution in [0.5, 0.6) is 0 Å². The molecular weight excluding hydrogens is 464 g/mol. The highest BCUT2D eigenvalue weighted by atomic mass is 35.5. The molecule has 0 saturated carbocycles. The predicted molar refractivity (Wildman–Crippen MR) is 126 cm³/mol. The van der Waals surface area contributed by atoms with Gasteiger partial charge in [-0.2, -0.15) is 5.10 Å². The van der Waals surface area contributed by atoms with Crippen molar-refractivity contribution in [3.63, 3.8) is 0 Å². The van der Waals surface area contributed by atoms with Crippen LogP contribution in [0.1, 0.15) is 9.67 Å². The number of rotatable bonds is 5. The first-order valence-electron chi connectivity index (χ1n) is 9.62. The molecule has 5 aromatic rings. The highest BCUT2D eigenvalue weighted by molar-refractivity contribution is 7.17. The number of nitro groups is 1. The van der Waals surface area contributed by atoms with Crippen LogP contribution < -0.4 is 5.32 Å². The molecule has 0 spiro atoms. The van der Waals surface area contributed by atoms with E-state index < -0.39 is 10.8 Å². The fourth-order valence-electron chi connectivity index (χ4n) is 3.24. The number of halogens is 1. The molecule has 0 unspecified atom stereocenters. The van der Waals surface area contributed by atoms with Crippen LogP contribution >= 0.6 is 22.9 Å². The van der Waals surface area contributed by atoms with Crippen molar-refractivity contribution in [3.8, 4) is 17.1 Å². The zero-order valence-corrected chi connectivity index (χ0v) is 18.2. The van der Waals surface area contributed by atoms with E-state index in [4.69, 9.17) is 11.6 Å². The molecule has 9 nitrogen and oxygen atoms in total. The summed E-state index contributed by atoms with van der Waals surface area (Å²) in [6.07, 6.45) is 1.57. The number of hydrogen-bond acceptors (Lipinski definition) is 7. The van der Waals surface area contributed by atoms with Crippen molar-refractivity contribution >= 4 is 50.7 Å². The summed E-state index contributed by atoms with van der Waals surface area (Å²) in [6.45, 7) is 0. The van der Waals surface area contributed by atoms with Gasteiger partial charge >= 0.3 is 5.00 Å². The van der Waals surface area contributed by atoms with E-state index in [0.29, 0.717) is 27.4 Å². The molecule has 11 heteroatoms. The Morgan fingerprint density at radius 1 is 1.06 bits per heavy atom. The van der Waals surface area contributed by atoms with Gasteiger partial charge in [-0.3, -0.25) is 14.9 Å². The number of anilines is 1. The minimum absolute atomic E-state index is 0.121. The van der Waals surface area contributed by atoms with Gasteiger partial charge in [0.05, 0.1) is 27.1 Å². The van der Waals surface area contributed by atoms with E-state index in [2.05, 4.69) is 20.4 Å². The number of benzene rings is 2. The van der Waals surface area contributed by atoms with Crippen molar-refractivity contribution < 1.29 is 9.72 Å². The normalized spacial score (nSPS) is 10.9. The van der Waals surface area contributed by atoms with Gasteiger partial charge in [-0.05, 0) is 30.3 Å². The fourth-order valence-corrected chi connectivity index (χ4v) is 4.14. The number of fused-ring (bicyclic) bond motifs is 1. The van der Waals surface area contributed by atoms with Crippen LogP contribution in [-0.4, -0.2) is 30.6 Å². The number of nitrogens with zero attached hydrogens (tertiary/aromatic N) is 5. The zero-order chi connectivity index (χ0) is 22.9. The predicted octanol–water partition coefficient (Wildman–Crippen LogP) is 5.36. The van der Waals surface area contributed by atoms with Gasteiger partial charge in [0, 0.05) is 16.7 Å². The Morgan fingerprint density at radius 2 is 1.88 bits per heavy atom. The van der Waals surface area contributed by atoms with Crippen molar-refractivity contribution in [1.82, 2.24) is 19.7 Å². The monoisotopic (exact) mass is 476 g/mol. The van der Waals surface area contributed by atoms with E-state index in [1.54, 1.807) is 29.1 Å². The van der Waals surface area contributed by atoms with E-state index in [1.807, 2.05) is 36.4 Å². The molecule has 5 rings (SSSR count). The summed E-state index contributed by atoms with van der Waals surface area (Å²) in [7, 11) is 0. The first-order chi connectivity index (χ1) is 16.0. The molecular formula is C22H13ClN6O3S. The van der Waals surface area contributed by atoms with Gasteiger partial charge in [0.2, 0.25) is 0 Å². The van der Waals surface area contributed by atoms with Crippen LogP contribution in [0.2, 0.25) is 5.02 Å². The van der Waals surface area contributed by atoms with Gasteiger partial charge in [0.15, 0.2) is 11.5 Å². The number of para-hydroxylation sites is 1. The van der Waals surface area contributed by atoms with E-state index in [1.165, 1.54) is 12.1 Å². The zero-order valence-electron chi connectivity index (χ0n) is 16.7. The van der Waals surface area contributed by atoms with E-state index >= 15 is 0 Å². The van der Waals surface area contributed by atoms with Crippen molar-refractivity contribution in [2.75, 3.05) is 5.32 Å². The summed E-state index contributed by atoms with van der Waals surface area (Å²) in [6, 6.07) is 19.2. The lowest BCUT2D eigenvalue weighted by Gasteiger charge is -2.09. The molecule has 0 aliphatic rings. The first kappa shape index (κ1) is 20.7. The summed E-state index contributed by atoms with van der Waals surface area (Å²) in [5.41, 5.74) is 1.93. The maximum Gasteiger partial charge on any atom is 0.324 e. The van der Waals surface area contributed by atoms with Gasteiger partial charge in [-0.15, -0.1) is 0 Å². The van der Waals surface area contributed by atoms with Gasteiger partial charge < -0.3 is 5.32 Å². The Kier molecular flexibility index (Phi) is 5.29.